The Morgan fingerprint density at radius 3 is 1.94 bits per heavy atom. The SMILES string of the molecule is CCCCc1ccc(C(F)(F)Oc2ccc(-c3ccc(CCCCO)cc3CC)c(CC)c2)cc1. The number of aryl methyl sites for hydroxylation is 4. The molecule has 0 aliphatic heterocycles. The molecule has 1 N–H and O–H groups in total. The zero-order valence-electron chi connectivity index (χ0n) is 21.2. The number of rotatable bonds is 13. The number of halogens is 2. The summed E-state index contributed by atoms with van der Waals surface area (Å²) in [6.07, 6.45) is 3.92. The maximum atomic E-state index is 14.9. The molecular weight excluding hydrogens is 442 g/mol. The Morgan fingerprint density at radius 2 is 1.31 bits per heavy atom. The molecule has 3 aromatic carbocycles. The van der Waals surface area contributed by atoms with Gasteiger partial charge in [0.25, 0.3) is 0 Å². The van der Waals surface area contributed by atoms with Crippen LogP contribution in [-0.2, 0) is 31.8 Å². The van der Waals surface area contributed by atoms with E-state index in [0.29, 0.717) is 6.42 Å². The molecule has 188 valence electrons. The molecule has 0 heterocycles. The molecule has 3 rings (SSSR count). The number of aliphatic hydroxyl groups excluding tert-OH is 1. The van der Waals surface area contributed by atoms with Crippen LogP contribution in [0.2, 0.25) is 0 Å². The van der Waals surface area contributed by atoms with Crippen LogP contribution >= 0.6 is 0 Å². The lowest BCUT2D eigenvalue weighted by Crippen LogP contribution is -2.22. The lowest BCUT2D eigenvalue weighted by atomic mass is 9.91. The van der Waals surface area contributed by atoms with E-state index < -0.39 is 6.11 Å². The molecular formula is C31H38F2O2. The van der Waals surface area contributed by atoms with E-state index in [1.807, 2.05) is 13.0 Å². The molecule has 35 heavy (non-hydrogen) atoms. The van der Waals surface area contributed by atoms with Gasteiger partial charge in [-0.1, -0.05) is 63.6 Å². The van der Waals surface area contributed by atoms with Gasteiger partial charge in [0.2, 0.25) is 0 Å². The van der Waals surface area contributed by atoms with Crippen molar-refractivity contribution in [2.24, 2.45) is 0 Å². The van der Waals surface area contributed by atoms with E-state index in [-0.39, 0.29) is 17.9 Å². The molecule has 0 saturated carbocycles. The molecule has 0 atom stereocenters. The summed E-state index contributed by atoms with van der Waals surface area (Å²) in [5.41, 5.74) is 6.61. The number of alkyl halides is 2. The summed E-state index contributed by atoms with van der Waals surface area (Å²) in [6.45, 7) is 6.50. The molecule has 0 saturated heterocycles. The van der Waals surface area contributed by atoms with E-state index >= 15 is 0 Å². The van der Waals surface area contributed by atoms with Crippen LogP contribution in [0.4, 0.5) is 8.78 Å². The highest BCUT2D eigenvalue weighted by Crippen LogP contribution is 2.36. The highest BCUT2D eigenvalue weighted by Gasteiger charge is 2.34. The Kier molecular flexibility index (Phi) is 9.85. The van der Waals surface area contributed by atoms with E-state index in [4.69, 9.17) is 9.84 Å². The van der Waals surface area contributed by atoms with Crippen LogP contribution in [0.5, 0.6) is 5.75 Å². The standard InChI is InChI=1S/C31H38F2O2/c1-4-7-10-23-12-15-27(16-13-23)31(32,33)35-28-17-19-30(26(6-3)22-28)29-18-14-24(11-8-9-20-34)21-25(29)5-2/h12-19,21-22,34H,4-11,20H2,1-3H3. The predicted octanol–water partition coefficient (Wildman–Crippen LogP) is 8.26. The second-order valence-electron chi connectivity index (χ2n) is 9.12. The first-order chi connectivity index (χ1) is 16.9. The summed E-state index contributed by atoms with van der Waals surface area (Å²) < 4.78 is 35.1. The average molecular weight is 481 g/mol. The first-order valence-electron chi connectivity index (χ1n) is 12.9. The van der Waals surface area contributed by atoms with E-state index in [1.165, 1.54) is 23.3 Å². The Balaban J connectivity index is 1.81. The van der Waals surface area contributed by atoms with Gasteiger partial charge in [0.1, 0.15) is 5.75 Å². The Labute approximate surface area is 209 Å². The summed E-state index contributed by atoms with van der Waals surface area (Å²) in [6, 6.07) is 18.3. The summed E-state index contributed by atoms with van der Waals surface area (Å²) in [7, 11) is 0. The quantitative estimate of drug-likeness (QED) is 0.250. The summed E-state index contributed by atoms with van der Waals surface area (Å²) >= 11 is 0. The van der Waals surface area contributed by atoms with Crippen molar-refractivity contribution < 1.29 is 18.6 Å². The molecule has 0 spiro atoms. The van der Waals surface area contributed by atoms with E-state index in [9.17, 15) is 8.78 Å². The smallest absolute Gasteiger partial charge is 0.426 e. The lowest BCUT2D eigenvalue weighted by Gasteiger charge is -2.20. The molecule has 0 radical (unpaired) electrons. The van der Waals surface area contributed by atoms with Gasteiger partial charge >= 0.3 is 6.11 Å². The van der Waals surface area contributed by atoms with Crippen molar-refractivity contribution >= 4 is 0 Å². The summed E-state index contributed by atoms with van der Waals surface area (Å²) in [4.78, 5) is 0. The monoisotopic (exact) mass is 480 g/mol. The van der Waals surface area contributed by atoms with Crippen LogP contribution in [0, 0.1) is 0 Å². The number of hydrogen-bond acceptors (Lipinski definition) is 2. The molecule has 0 bridgehead atoms. The summed E-state index contributed by atoms with van der Waals surface area (Å²) in [5.74, 6) is 0.171. The van der Waals surface area contributed by atoms with Crippen molar-refractivity contribution in [2.75, 3.05) is 6.61 Å². The van der Waals surface area contributed by atoms with Crippen LogP contribution in [0.25, 0.3) is 11.1 Å². The van der Waals surface area contributed by atoms with Gasteiger partial charge in [-0.2, -0.15) is 8.78 Å². The molecule has 0 amide bonds. The van der Waals surface area contributed by atoms with E-state index in [2.05, 4.69) is 32.0 Å². The largest absolute Gasteiger partial charge is 0.429 e. The van der Waals surface area contributed by atoms with Crippen molar-refractivity contribution in [3.8, 4) is 16.9 Å². The second kappa shape index (κ2) is 12.8. The minimum Gasteiger partial charge on any atom is -0.429 e. The van der Waals surface area contributed by atoms with Crippen LogP contribution in [0.3, 0.4) is 0 Å². The molecule has 0 aromatic heterocycles. The highest BCUT2D eigenvalue weighted by atomic mass is 19.3. The maximum Gasteiger partial charge on any atom is 0.426 e. The highest BCUT2D eigenvalue weighted by molar-refractivity contribution is 5.72. The molecule has 0 aliphatic carbocycles. The fourth-order valence-electron chi connectivity index (χ4n) is 4.44. The van der Waals surface area contributed by atoms with Crippen LogP contribution < -0.4 is 4.74 Å². The second-order valence-corrected chi connectivity index (χ2v) is 9.12. The number of aliphatic hydroxyl groups is 1. The Morgan fingerprint density at radius 1 is 0.714 bits per heavy atom. The third-order valence-electron chi connectivity index (χ3n) is 6.53. The fourth-order valence-corrected chi connectivity index (χ4v) is 4.44. The van der Waals surface area contributed by atoms with Gasteiger partial charge in [-0.15, -0.1) is 0 Å². The zero-order chi connectivity index (χ0) is 25.3. The van der Waals surface area contributed by atoms with Gasteiger partial charge in [0, 0.05) is 6.61 Å². The van der Waals surface area contributed by atoms with Crippen LogP contribution in [0.1, 0.15) is 74.3 Å². The number of benzene rings is 3. The van der Waals surface area contributed by atoms with Crippen molar-refractivity contribution in [3.05, 3.63) is 88.5 Å². The van der Waals surface area contributed by atoms with Gasteiger partial charge in [-0.3, -0.25) is 0 Å². The minimum absolute atomic E-state index is 0.134. The average Bonchev–Trinajstić information content (AvgIpc) is 2.87. The van der Waals surface area contributed by atoms with Crippen LogP contribution in [-0.4, -0.2) is 11.7 Å². The zero-order valence-corrected chi connectivity index (χ0v) is 21.2. The Bertz CT molecular complexity index is 1070. The molecule has 0 aliphatic rings. The van der Waals surface area contributed by atoms with E-state index in [0.717, 1.165) is 67.2 Å². The first-order valence-corrected chi connectivity index (χ1v) is 12.9. The predicted molar refractivity (Wildman–Crippen MR) is 140 cm³/mol. The normalized spacial score (nSPS) is 11.6. The van der Waals surface area contributed by atoms with Crippen molar-refractivity contribution in [1.82, 2.24) is 0 Å². The first kappa shape index (κ1) is 26.9. The molecule has 3 aromatic rings. The number of hydrogen-bond donors (Lipinski definition) is 1. The molecule has 0 fully saturated rings. The molecule has 2 nitrogen and oxygen atoms in total. The third kappa shape index (κ3) is 7.14. The van der Waals surface area contributed by atoms with Gasteiger partial charge in [-0.05, 0) is 103 Å². The van der Waals surface area contributed by atoms with Gasteiger partial charge < -0.3 is 9.84 Å². The van der Waals surface area contributed by atoms with Crippen molar-refractivity contribution in [2.45, 2.75) is 78.2 Å². The van der Waals surface area contributed by atoms with E-state index in [1.54, 1.807) is 24.3 Å². The van der Waals surface area contributed by atoms with Crippen molar-refractivity contribution in [3.63, 3.8) is 0 Å². The number of unbranched alkanes of at least 4 members (excludes halogenated alkanes) is 2. The molecule has 0 unspecified atom stereocenters. The number of ether oxygens (including phenoxy) is 1. The van der Waals surface area contributed by atoms with Crippen LogP contribution in [0.15, 0.2) is 60.7 Å². The van der Waals surface area contributed by atoms with Gasteiger partial charge in [-0.25, -0.2) is 0 Å². The van der Waals surface area contributed by atoms with Gasteiger partial charge in [0.05, 0.1) is 5.56 Å². The maximum absolute atomic E-state index is 14.9. The molecule has 4 heteroatoms. The minimum atomic E-state index is -3.40. The summed E-state index contributed by atoms with van der Waals surface area (Å²) in [5, 5.41) is 9.04. The Hall–Kier alpha value is -2.72. The third-order valence-corrected chi connectivity index (χ3v) is 6.53. The fraction of sp³-hybridized carbons (Fsp3) is 0.419. The van der Waals surface area contributed by atoms with Gasteiger partial charge in [0.15, 0.2) is 0 Å². The van der Waals surface area contributed by atoms with Crippen molar-refractivity contribution in [1.29, 1.82) is 0 Å². The topological polar surface area (TPSA) is 29.5 Å². The lowest BCUT2D eigenvalue weighted by molar-refractivity contribution is -0.185.